The number of rotatable bonds is 1. The predicted molar refractivity (Wildman–Crippen MR) is 64.6 cm³/mol. The second-order valence-corrected chi connectivity index (χ2v) is 4.74. The van der Waals surface area contributed by atoms with Crippen molar-refractivity contribution in [1.82, 2.24) is 14.9 Å². The van der Waals surface area contributed by atoms with Crippen molar-refractivity contribution in [2.75, 3.05) is 31.6 Å². The van der Waals surface area contributed by atoms with Crippen molar-refractivity contribution in [2.45, 2.75) is 0 Å². The zero-order valence-corrected chi connectivity index (χ0v) is 11.0. The minimum absolute atomic E-state index is 0.0767. The average molecular weight is 306 g/mol. The van der Waals surface area contributed by atoms with Gasteiger partial charge in [0.2, 0.25) is 11.2 Å². The Morgan fingerprint density at radius 2 is 2.25 bits per heavy atom. The van der Waals surface area contributed by atoms with E-state index in [2.05, 4.69) is 25.9 Å². The molecule has 1 amide bonds. The SMILES string of the molecule is CN1CCN(c2nc(Cl)ncc2Br)CC1=O. The Bertz CT molecular complexity index is 428. The first-order chi connectivity index (χ1) is 7.58. The third-order valence-corrected chi connectivity index (χ3v) is 3.19. The lowest BCUT2D eigenvalue weighted by Crippen LogP contribution is -2.49. The molecule has 86 valence electrons. The van der Waals surface area contributed by atoms with Gasteiger partial charge in [-0.05, 0) is 27.5 Å². The number of hydrogen-bond acceptors (Lipinski definition) is 4. The fraction of sp³-hybridized carbons (Fsp3) is 0.444. The third kappa shape index (κ3) is 2.27. The number of amides is 1. The summed E-state index contributed by atoms with van der Waals surface area (Å²) in [6.07, 6.45) is 1.59. The molecule has 0 saturated carbocycles. The van der Waals surface area contributed by atoms with E-state index < -0.39 is 0 Å². The van der Waals surface area contributed by atoms with Crippen LogP contribution in [-0.2, 0) is 4.79 Å². The highest BCUT2D eigenvalue weighted by Crippen LogP contribution is 2.25. The normalized spacial score (nSPS) is 16.8. The monoisotopic (exact) mass is 304 g/mol. The second kappa shape index (κ2) is 4.55. The van der Waals surface area contributed by atoms with Gasteiger partial charge in [-0.2, -0.15) is 4.98 Å². The summed E-state index contributed by atoms with van der Waals surface area (Å²) in [5.41, 5.74) is 0. The molecule has 0 spiro atoms. The van der Waals surface area contributed by atoms with Crippen LogP contribution in [0.15, 0.2) is 10.7 Å². The van der Waals surface area contributed by atoms with Crippen LogP contribution in [0.5, 0.6) is 0 Å². The molecule has 0 radical (unpaired) electrons. The molecule has 0 aromatic carbocycles. The van der Waals surface area contributed by atoms with Crippen molar-refractivity contribution in [1.29, 1.82) is 0 Å². The van der Waals surface area contributed by atoms with Crippen LogP contribution < -0.4 is 4.90 Å². The Kier molecular flexibility index (Phi) is 3.30. The van der Waals surface area contributed by atoms with E-state index in [1.54, 1.807) is 18.1 Å². The first kappa shape index (κ1) is 11.6. The number of carbonyl (C=O) groups is 1. The molecular weight excluding hydrogens is 295 g/mol. The summed E-state index contributed by atoms with van der Waals surface area (Å²) in [6, 6.07) is 0. The number of halogens is 2. The zero-order chi connectivity index (χ0) is 11.7. The quantitative estimate of drug-likeness (QED) is 0.731. The van der Waals surface area contributed by atoms with Crippen LogP contribution in [0.2, 0.25) is 5.28 Å². The molecule has 0 N–H and O–H groups in total. The maximum atomic E-state index is 11.6. The number of piperazine rings is 1. The Labute approximate surface area is 107 Å². The molecule has 0 bridgehead atoms. The average Bonchev–Trinajstić information content (AvgIpc) is 2.26. The molecule has 2 heterocycles. The minimum Gasteiger partial charge on any atom is -0.344 e. The maximum Gasteiger partial charge on any atom is 0.241 e. The van der Waals surface area contributed by atoms with Gasteiger partial charge < -0.3 is 9.80 Å². The van der Waals surface area contributed by atoms with Crippen LogP contribution in [0.4, 0.5) is 5.82 Å². The molecule has 1 aliphatic rings. The van der Waals surface area contributed by atoms with Gasteiger partial charge in [-0.15, -0.1) is 0 Å². The number of likely N-dealkylation sites (N-methyl/N-ethyl adjacent to an activating group) is 1. The van der Waals surface area contributed by atoms with E-state index in [1.807, 2.05) is 4.90 Å². The summed E-state index contributed by atoms with van der Waals surface area (Å²) in [7, 11) is 1.79. The molecule has 5 nitrogen and oxygen atoms in total. The largest absolute Gasteiger partial charge is 0.344 e. The number of anilines is 1. The van der Waals surface area contributed by atoms with Gasteiger partial charge in [-0.1, -0.05) is 0 Å². The first-order valence-electron chi connectivity index (χ1n) is 4.75. The predicted octanol–water partition coefficient (Wildman–Crippen LogP) is 1.17. The van der Waals surface area contributed by atoms with E-state index in [-0.39, 0.29) is 11.2 Å². The number of nitrogens with zero attached hydrogens (tertiary/aromatic N) is 4. The zero-order valence-electron chi connectivity index (χ0n) is 8.65. The summed E-state index contributed by atoms with van der Waals surface area (Å²) in [4.78, 5) is 23.1. The van der Waals surface area contributed by atoms with E-state index in [4.69, 9.17) is 11.6 Å². The van der Waals surface area contributed by atoms with Crippen molar-refractivity contribution < 1.29 is 4.79 Å². The van der Waals surface area contributed by atoms with E-state index in [0.717, 1.165) is 11.0 Å². The molecule has 1 aliphatic heterocycles. The maximum absolute atomic E-state index is 11.6. The molecule has 7 heteroatoms. The van der Waals surface area contributed by atoms with Crippen molar-refractivity contribution >= 4 is 39.3 Å². The van der Waals surface area contributed by atoms with Gasteiger partial charge in [0.05, 0.1) is 11.0 Å². The van der Waals surface area contributed by atoms with E-state index in [9.17, 15) is 4.79 Å². The smallest absolute Gasteiger partial charge is 0.241 e. The summed E-state index contributed by atoms with van der Waals surface area (Å²) < 4.78 is 0.745. The number of carbonyl (C=O) groups excluding carboxylic acids is 1. The molecule has 0 unspecified atom stereocenters. The Hall–Kier alpha value is -0.880. The van der Waals surface area contributed by atoms with Crippen LogP contribution >= 0.6 is 27.5 Å². The lowest BCUT2D eigenvalue weighted by atomic mass is 10.3. The highest BCUT2D eigenvalue weighted by Gasteiger charge is 2.23. The first-order valence-corrected chi connectivity index (χ1v) is 5.92. The van der Waals surface area contributed by atoms with Gasteiger partial charge in [-0.3, -0.25) is 4.79 Å². The van der Waals surface area contributed by atoms with Gasteiger partial charge in [0.1, 0.15) is 5.82 Å². The van der Waals surface area contributed by atoms with E-state index >= 15 is 0 Å². The molecule has 1 aromatic rings. The standard InChI is InChI=1S/C9H10BrClN4O/c1-14-2-3-15(5-7(14)16)8-6(10)4-12-9(11)13-8/h4H,2-3,5H2,1H3. The minimum atomic E-state index is 0.0767. The Morgan fingerprint density at radius 3 is 2.94 bits per heavy atom. The van der Waals surface area contributed by atoms with Crippen LogP contribution in [0.25, 0.3) is 0 Å². The molecule has 1 aromatic heterocycles. The van der Waals surface area contributed by atoms with Crippen LogP contribution in [0, 0.1) is 0 Å². The van der Waals surface area contributed by atoms with Crippen molar-refractivity contribution in [3.8, 4) is 0 Å². The van der Waals surface area contributed by atoms with Gasteiger partial charge in [0.25, 0.3) is 0 Å². The van der Waals surface area contributed by atoms with Gasteiger partial charge in [0.15, 0.2) is 0 Å². The summed E-state index contributed by atoms with van der Waals surface area (Å²) >= 11 is 9.09. The Morgan fingerprint density at radius 1 is 1.50 bits per heavy atom. The number of aromatic nitrogens is 2. The molecule has 16 heavy (non-hydrogen) atoms. The van der Waals surface area contributed by atoms with Crippen LogP contribution in [-0.4, -0.2) is 47.5 Å². The molecule has 0 atom stereocenters. The van der Waals surface area contributed by atoms with Gasteiger partial charge in [0, 0.05) is 26.3 Å². The summed E-state index contributed by atoms with van der Waals surface area (Å²) in [5.74, 6) is 0.745. The fourth-order valence-corrected chi connectivity index (χ4v) is 2.07. The third-order valence-electron chi connectivity index (χ3n) is 2.45. The Balaban J connectivity index is 2.24. The lowest BCUT2D eigenvalue weighted by Gasteiger charge is -2.33. The molecular formula is C9H10BrClN4O. The van der Waals surface area contributed by atoms with E-state index in [0.29, 0.717) is 18.9 Å². The van der Waals surface area contributed by atoms with Crippen LogP contribution in [0.1, 0.15) is 0 Å². The lowest BCUT2D eigenvalue weighted by molar-refractivity contribution is -0.129. The highest BCUT2D eigenvalue weighted by molar-refractivity contribution is 9.10. The topological polar surface area (TPSA) is 49.3 Å². The molecule has 0 aliphatic carbocycles. The van der Waals surface area contributed by atoms with Gasteiger partial charge >= 0.3 is 0 Å². The summed E-state index contributed by atoms with van der Waals surface area (Å²) in [5, 5.41) is 0.185. The summed E-state index contributed by atoms with van der Waals surface area (Å²) in [6.45, 7) is 1.75. The van der Waals surface area contributed by atoms with Crippen molar-refractivity contribution in [3.05, 3.63) is 16.0 Å². The molecule has 1 fully saturated rings. The van der Waals surface area contributed by atoms with Crippen LogP contribution in [0.3, 0.4) is 0 Å². The number of hydrogen-bond donors (Lipinski definition) is 0. The van der Waals surface area contributed by atoms with E-state index in [1.165, 1.54) is 0 Å². The van der Waals surface area contributed by atoms with Crippen molar-refractivity contribution in [2.24, 2.45) is 0 Å². The van der Waals surface area contributed by atoms with Crippen molar-refractivity contribution in [3.63, 3.8) is 0 Å². The highest BCUT2D eigenvalue weighted by atomic mass is 79.9. The second-order valence-electron chi connectivity index (χ2n) is 3.55. The van der Waals surface area contributed by atoms with Gasteiger partial charge in [-0.25, -0.2) is 4.98 Å². The molecule has 1 saturated heterocycles. The molecule has 2 rings (SSSR count). The fourth-order valence-electron chi connectivity index (χ4n) is 1.50.